The number of nitrogens with one attached hydrogen (secondary N) is 2. The fourth-order valence-electron chi connectivity index (χ4n) is 3.74. The van der Waals surface area contributed by atoms with E-state index in [-0.39, 0.29) is 11.9 Å². The van der Waals surface area contributed by atoms with Gasteiger partial charge in [-0.15, -0.1) is 5.10 Å². The summed E-state index contributed by atoms with van der Waals surface area (Å²) in [6.45, 7) is 0.711. The average Bonchev–Trinajstić information content (AvgIpc) is 3.14. The minimum absolute atomic E-state index is 0.00824. The molecule has 2 N–H and O–H groups in total. The van der Waals surface area contributed by atoms with Crippen LogP contribution in [0.25, 0.3) is 27.9 Å². The van der Waals surface area contributed by atoms with Crippen LogP contribution in [0.1, 0.15) is 19.3 Å². The molecule has 0 saturated carbocycles. The largest absolute Gasteiger partial charge is 0.497 e. The molecule has 1 atom stereocenters. The standard InChI is InChI=1S/C22H22N6O2/c1-30-15-11-9-14(10-12-15)19-26-20-16-6-2-3-7-17(16)24-22(28(20)27-19)25-18-8-4-5-13-23-21(18)29/h2-3,6-7,9-12,18H,4-5,8,13H2,1H3,(H,23,29)(H,24,25)/t18-/m0/s1. The summed E-state index contributed by atoms with van der Waals surface area (Å²) in [5.41, 5.74) is 2.37. The average molecular weight is 402 g/mol. The van der Waals surface area contributed by atoms with Crippen LogP contribution < -0.4 is 15.4 Å². The number of methoxy groups -OCH3 is 1. The van der Waals surface area contributed by atoms with Crippen LogP contribution in [-0.4, -0.2) is 45.2 Å². The molecule has 1 amide bonds. The molecule has 1 aliphatic rings. The van der Waals surface area contributed by atoms with Crippen molar-refractivity contribution in [2.24, 2.45) is 0 Å². The molecule has 0 unspecified atom stereocenters. The number of benzene rings is 2. The van der Waals surface area contributed by atoms with Crippen LogP contribution in [0.15, 0.2) is 48.5 Å². The molecule has 8 nitrogen and oxygen atoms in total. The maximum Gasteiger partial charge on any atom is 0.242 e. The fourth-order valence-corrected chi connectivity index (χ4v) is 3.74. The van der Waals surface area contributed by atoms with Crippen LogP contribution in [0.5, 0.6) is 5.75 Å². The summed E-state index contributed by atoms with van der Waals surface area (Å²) in [7, 11) is 1.64. The molecule has 152 valence electrons. The zero-order valence-electron chi connectivity index (χ0n) is 16.6. The third-order valence-corrected chi connectivity index (χ3v) is 5.37. The summed E-state index contributed by atoms with van der Waals surface area (Å²) in [5.74, 6) is 1.87. The number of nitrogens with zero attached hydrogens (tertiary/aromatic N) is 4. The normalized spacial score (nSPS) is 17.0. The van der Waals surface area contributed by atoms with Gasteiger partial charge in [0.25, 0.3) is 0 Å². The number of hydrogen-bond donors (Lipinski definition) is 2. The van der Waals surface area contributed by atoms with Gasteiger partial charge in [0.2, 0.25) is 11.9 Å². The highest BCUT2D eigenvalue weighted by molar-refractivity contribution is 5.93. The van der Waals surface area contributed by atoms with Crippen LogP contribution in [0.4, 0.5) is 5.95 Å². The van der Waals surface area contributed by atoms with Crippen LogP contribution in [0.3, 0.4) is 0 Å². The van der Waals surface area contributed by atoms with Gasteiger partial charge in [-0.1, -0.05) is 12.1 Å². The summed E-state index contributed by atoms with van der Waals surface area (Å²) in [6, 6.07) is 15.1. The summed E-state index contributed by atoms with van der Waals surface area (Å²) >= 11 is 0. The molecule has 1 fully saturated rings. The second-order valence-corrected chi connectivity index (χ2v) is 7.34. The first-order chi connectivity index (χ1) is 14.7. The number of rotatable bonds is 4. The van der Waals surface area contributed by atoms with E-state index in [2.05, 4.69) is 10.6 Å². The predicted octanol–water partition coefficient (Wildman–Crippen LogP) is 3.03. The van der Waals surface area contributed by atoms with Gasteiger partial charge in [0.1, 0.15) is 11.8 Å². The van der Waals surface area contributed by atoms with Crippen molar-refractivity contribution in [2.45, 2.75) is 25.3 Å². The quantitative estimate of drug-likeness (QED) is 0.545. The minimum atomic E-state index is -0.349. The maximum absolute atomic E-state index is 12.4. The van der Waals surface area contributed by atoms with Crippen molar-refractivity contribution in [3.05, 3.63) is 48.5 Å². The van der Waals surface area contributed by atoms with Gasteiger partial charge >= 0.3 is 0 Å². The molecular formula is C22H22N6O2. The lowest BCUT2D eigenvalue weighted by Crippen LogP contribution is -2.38. The minimum Gasteiger partial charge on any atom is -0.497 e. The lowest BCUT2D eigenvalue weighted by molar-refractivity contribution is -0.121. The third kappa shape index (κ3) is 3.30. The zero-order valence-corrected chi connectivity index (χ0v) is 16.6. The monoisotopic (exact) mass is 402 g/mol. The van der Waals surface area contributed by atoms with Gasteiger partial charge in [-0.2, -0.15) is 4.52 Å². The van der Waals surface area contributed by atoms with Gasteiger partial charge in [0.05, 0.1) is 12.6 Å². The molecule has 1 saturated heterocycles. The molecule has 30 heavy (non-hydrogen) atoms. The molecule has 4 aromatic rings. The molecule has 2 aromatic carbocycles. The molecule has 0 aliphatic carbocycles. The van der Waals surface area contributed by atoms with Crippen molar-refractivity contribution in [1.82, 2.24) is 24.9 Å². The van der Waals surface area contributed by atoms with E-state index < -0.39 is 0 Å². The number of anilines is 1. The first-order valence-electron chi connectivity index (χ1n) is 10.1. The van der Waals surface area contributed by atoms with Gasteiger partial charge in [-0.05, 0) is 55.7 Å². The molecule has 0 radical (unpaired) electrons. The van der Waals surface area contributed by atoms with Crippen molar-refractivity contribution >= 4 is 28.4 Å². The number of carbonyl (C=O) groups is 1. The fraction of sp³-hybridized carbons (Fsp3) is 0.273. The van der Waals surface area contributed by atoms with Crippen molar-refractivity contribution in [1.29, 1.82) is 0 Å². The number of aromatic nitrogens is 4. The Hall–Kier alpha value is -3.68. The highest BCUT2D eigenvalue weighted by atomic mass is 16.5. The SMILES string of the molecule is COc1ccc(-c2nc3c4ccccc4nc(N[C@H]4CCCCNC4=O)n3n2)cc1. The molecular weight excluding hydrogens is 380 g/mol. The highest BCUT2D eigenvalue weighted by Crippen LogP contribution is 2.26. The Labute approximate surface area is 173 Å². The summed E-state index contributed by atoms with van der Waals surface area (Å²) in [6.07, 6.45) is 2.71. The van der Waals surface area contributed by atoms with Crippen molar-refractivity contribution in [3.63, 3.8) is 0 Å². The number of amides is 1. The smallest absolute Gasteiger partial charge is 0.242 e. The Balaban J connectivity index is 1.63. The molecule has 0 bridgehead atoms. The van der Waals surface area contributed by atoms with E-state index in [4.69, 9.17) is 19.8 Å². The van der Waals surface area contributed by atoms with Gasteiger partial charge < -0.3 is 15.4 Å². The molecule has 5 rings (SSSR count). The lowest BCUT2D eigenvalue weighted by atomic mass is 10.1. The van der Waals surface area contributed by atoms with E-state index >= 15 is 0 Å². The van der Waals surface area contributed by atoms with Crippen LogP contribution >= 0.6 is 0 Å². The van der Waals surface area contributed by atoms with Gasteiger partial charge in [0, 0.05) is 17.5 Å². The molecule has 3 heterocycles. The van der Waals surface area contributed by atoms with Crippen molar-refractivity contribution in [2.75, 3.05) is 19.0 Å². The van der Waals surface area contributed by atoms with Gasteiger partial charge in [0.15, 0.2) is 11.5 Å². The number of para-hydroxylation sites is 1. The predicted molar refractivity (Wildman–Crippen MR) is 115 cm³/mol. The number of hydrogen-bond acceptors (Lipinski definition) is 6. The Bertz CT molecular complexity index is 1220. The second-order valence-electron chi connectivity index (χ2n) is 7.34. The van der Waals surface area contributed by atoms with E-state index in [1.807, 2.05) is 48.5 Å². The Morgan fingerprint density at radius 1 is 1.10 bits per heavy atom. The zero-order chi connectivity index (χ0) is 20.5. The van der Waals surface area contributed by atoms with Gasteiger partial charge in [-0.25, -0.2) is 9.97 Å². The summed E-state index contributed by atoms with van der Waals surface area (Å²) < 4.78 is 6.94. The number of ether oxygens (including phenoxy) is 1. The van der Waals surface area contributed by atoms with E-state index in [0.717, 1.165) is 41.5 Å². The number of fused-ring (bicyclic) bond motifs is 3. The second kappa shape index (κ2) is 7.62. The summed E-state index contributed by atoms with van der Waals surface area (Å²) in [5, 5.41) is 11.9. The Kier molecular flexibility index (Phi) is 4.66. The highest BCUT2D eigenvalue weighted by Gasteiger charge is 2.23. The Morgan fingerprint density at radius 3 is 2.77 bits per heavy atom. The van der Waals surface area contributed by atoms with Crippen molar-refractivity contribution in [3.8, 4) is 17.1 Å². The third-order valence-electron chi connectivity index (χ3n) is 5.37. The molecule has 8 heteroatoms. The first-order valence-corrected chi connectivity index (χ1v) is 10.1. The first kappa shape index (κ1) is 18.4. The molecule has 1 aliphatic heterocycles. The summed E-state index contributed by atoms with van der Waals surface area (Å²) in [4.78, 5) is 22.0. The lowest BCUT2D eigenvalue weighted by Gasteiger charge is -2.16. The van der Waals surface area contributed by atoms with Crippen LogP contribution in [0, 0.1) is 0 Å². The molecule has 0 spiro atoms. The molecule has 2 aromatic heterocycles. The van der Waals surface area contributed by atoms with Gasteiger partial charge in [-0.3, -0.25) is 4.79 Å². The van der Waals surface area contributed by atoms with E-state index in [1.54, 1.807) is 11.6 Å². The topological polar surface area (TPSA) is 93.4 Å². The van der Waals surface area contributed by atoms with Crippen LogP contribution in [-0.2, 0) is 4.79 Å². The van der Waals surface area contributed by atoms with E-state index in [1.165, 1.54) is 0 Å². The van der Waals surface area contributed by atoms with Crippen LogP contribution in [0.2, 0.25) is 0 Å². The van der Waals surface area contributed by atoms with E-state index in [9.17, 15) is 4.79 Å². The number of carbonyl (C=O) groups excluding carboxylic acids is 1. The maximum atomic E-state index is 12.4. The Morgan fingerprint density at radius 2 is 1.93 bits per heavy atom. The van der Waals surface area contributed by atoms with E-state index in [0.29, 0.717) is 24.0 Å². The van der Waals surface area contributed by atoms with Crippen molar-refractivity contribution < 1.29 is 9.53 Å².